The number of aromatic nitrogens is 2. The summed E-state index contributed by atoms with van der Waals surface area (Å²) < 4.78 is 9.21. The lowest BCUT2D eigenvalue weighted by Crippen LogP contribution is -2.14. The van der Waals surface area contributed by atoms with Crippen molar-refractivity contribution in [2.45, 2.75) is 0 Å². The molecule has 0 aliphatic rings. The number of carbonyl (C=O) groups excluding carboxylic acids is 1. The molecule has 6 heteroatoms. The standard InChI is InChI=1S/C7H8N2O4/c1-12-7(11)4-13-5-2-6(10)9-8-3-5/h2-3H,4H2,1H3,(H,9,10). The molecular formula is C7H8N2O4. The third kappa shape index (κ3) is 2.94. The molecule has 1 heterocycles. The van der Waals surface area contributed by atoms with Gasteiger partial charge < -0.3 is 9.47 Å². The number of esters is 1. The third-order valence-corrected chi connectivity index (χ3v) is 1.22. The smallest absolute Gasteiger partial charge is 0.343 e. The second-order valence-corrected chi connectivity index (χ2v) is 2.15. The fraction of sp³-hybridized carbons (Fsp3) is 0.286. The Morgan fingerprint density at radius 3 is 3.08 bits per heavy atom. The van der Waals surface area contributed by atoms with Crippen molar-refractivity contribution in [3.05, 3.63) is 22.6 Å². The van der Waals surface area contributed by atoms with Crippen molar-refractivity contribution in [2.24, 2.45) is 0 Å². The van der Waals surface area contributed by atoms with E-state index in [0.717, 1.165) is 0 Å². The van der Waals surface area contributed by atoms with E-state index in [9.17, 15) is 9.59 Å². The number of nitrogens with one attached hydrogen (secondary N) is 1. The van der Waals surface area contributed by atoms with Crippen LogP contribution in [0.5, 0.6) is 5.75 Å². The number of carbonyl (C=O) groups is 1. The summed E-state index contributed by atoms with van der Waals surface area (Å²) in [5, 5.41) is 5.64. The van der Waals surface area contributed by atoms with Crippen LogP contribution in [-0.2, 0) is 9.53 Å². The van der Waals surface area contributed by atoms with Gasteiger partial charge in [-0.15, -0.1) is 0 Å². The van der Waals surface area contributed by atoms with Crippen molar-refractivity contribution in [3.8, 4) is 5.75 Å². The van der Waals surface area contributed by atoms with Crippen LogP contribution in [0.2, 0.25) is 0 Å². The highest BCUT2D eigenvalue weighted by Gasteiger charge is 2.01. The van der Waals surface area contributed by atoms with Crippen LogP contribution in [0, 0.1) is 0 Å². The Labute approximate surface area is 73.5 Å². The maximum Gasteiger partial charge on any atom is 0.343 e. The number of hydrogen-bond acceptors (Lipinski definition) is 5. The lowest BCUT2D eigenvalue weighted by molar-refractivity contribution is -0.142. The molecule has 0 aliphatic carbocycles. The fourth-order valence-electron chi connectivity index (χ4n) is 0.638. The molecule has 0 atom stereocenters. The van der Waals surface area contributed by atoms with Crippen LogP contribution in [0.15, 0.2) is 17.1 Å². The van der Waals surface area contributed by atoms with E-state index in [2.05, 4.69) is 14.9 Å². The topological polar surface area (TPSA) is 81.3 Å². The molecule has 6 nitrogen and oxygen atoms in total. The molecule has 0 amide bonds. The number of ether oxygens (including phenoxy) is 2. The van der Waals surface area contributed by atoms with E-state index in [0.29, 0.717) is 0 Å². The van der Waals surface area contributed by atoms with Crippen LogP contribution >= 0.6 is 0 Å². The molecule has 70 valence electrons. The van der Waals surface area contributed by atoms with Crippen LogP contribution in [0.4, 0.5) is 0 Å². The van der Waals surface area contributed by atoms with Gasteiger partial charge in [0.1, 0.15) is 5.75 Å². The van der Waals surface area contributed by atoms with Gasteiger partial charge in [-0.3, -0.25) is 4.79 Å². The minimum absolute atomic E-state index is 0.231. The molecule has 0 aliphatic heterocycles. The highest BCUT2D eigenvalue weighted by atomic mass is 16.6. The van der Waals surface area contributed by atoms with E-state index in [1.165, 1.54) is 19.4 Å². The number of nitrogens with zero attached hydrogens (tertiary/aromatic N) is 1. The molecule has 1 aromatic heterocycles. The number of aromatic amines is 1. The molecule has 13 heavy (non-hydrogen) atoms. The first-order valence-electron chi connectivity index (χ1n) is 3.46. The Morgan fingerprint density at radius 1 is 1.69 bits per heavy atom. The summed E-state index contributed by atoms with van der Waals surface area (Å²) in [6, 6.07) is 1.19. The van der Waals surface area contributed by atoms with E-state index in [-0.39, 0.29) is 17.9 Å². The van der Waals surface area contributed by atoms with E-state index in [1.807, 2.05) is 0 Å². The summed E-state index contributed by atoms with van der Waals surface area (Å²) in [6.45, 7) is -0.234. The maximum absolute atomic E-state index is 10.7. The molecule has 0 saturated carbocycles. The summed E-state index contributed by atoms with van der Waals surface area (Å²) in [5.41, 5.74) is -0.387. The minimum Gasteiger partial charge on any atom is -0.480 e. The predicted molar refractivity (Wildman–Crippen MR) is 42.4 cm³/mol. The zero-order valence-electron chi connectivity index (χ0n) is 6.94. The first-order valence-corrected chi connectivity index (χ1v) is 3.46. The first kappa shape index (κ1) is 9.24. The Hall–Kier alpha value is -1.85. The third-order valence-electron chi connectivity index (χ3n) is 1.22. The van der Waals surface area contributed by atoms with Crippen LogP contribution in [0.3, 0.4) is 0 Å². The molecule has 0 fully saturated rings. The van der Waals surface area contributed by atoms with Crippen molar-refractivity contribution in [3.63, 3.8) is 0 Å². The lowest BCUT2D eigenvalue weighted by Gasteiger charge is -2.01. The van der Waals surface area contributed by atoms with Gasteiger partial charge in [-0.2, -0.15) is 5.10 Å². The summed E-state index contributed by atoms with van der Waals surface area (Å²) >= 11 is 0. The highest BCUT2D eigenvalue weighted by Crippen LogP contribution is 2.01. The molecule has 0 spiro atoms. The molecule has 1 N–H and O–H groups in total. The van der Waals surface area contributed by atoms with Crippen molar-refractivity contribution in [1.29, 1.82) is 0 Å². The van der Waals surface area contributed by atoms with Gasteiger partial charge in [0.2, 0.25) is 0 Å². The zero-order chi connectivity index (χ0) is 9.68. The highest BCUT2D eigenvalue weighted by molar-refractivity contribution is 5.70. The number of hydrogen-bond donors (Lipinski definition) is 1. The molecule has 0 unspecified atom stereocenters. The van der Waals surface area contributed by atoms with E-state index >= 15 is 0 Å². The number of H-pyrrole nitrogens is 1. The van der Waals surface area contributed by atoms with E-state index in [4.69, 9.17) is 4.74 Å². The van der Waals surface area contributed by atoms with Gasteiger partial charge in [-0.1, -0.05) is 0 Å². The molecular weight excluding hydrogens is 176 g/mol. The Balaban J connectivity index is 2.55. The fourth-order valence-corrected chi connectivity index (χ4v) is 0.638. The minimum atomic E-state index is -0.514. The first-order chi connectivity index (χ1) is 6.22. The molecule has 0 aromatic carbocycles. The van der Waals surface area contributed by atoms with Gasteiger partial charge >= 0.3 is 5.97 Å². The summed E-state index contributed by atoms with van der Waals surface area (Å²) in [6.07, 6.45) is 1.30. The summed E-state index contributed by atoms with van der Waals surface area (Å²) in [4.78, 5) is 21.3. The van der Waals surface area contributed by atoms with Crippen molar-refractivity contribution in [1.82, 2.24) is 10.2 Å². The van der Waals surface area contributed by atoms with Gasteiger partial charge in [0.15, 0.2) is 6.61 Å². The van der Waals surface area contributed by atoms with E-state index in [1.54, 1.807) is 0 Å². The van der Waals surface area contributed by atoms with Crippen LogP contribution < -0.4 is 10.3 Å². The zero-order valence-corrected chi connectivity index (χ0v) is 6.94. The lowest BCUT2D eigenvalue weighted by atomic mass is 10.5. The van der Waals surface area contributed by atoms with Gasteiger partial charge in [0, 0.05) is 6.07 Å². The normalized spacial score (nSPS) is 9.31. The SMILES string of the molecule is COC(=O)COc1cn[nH]c(=O)c1. The van der Waals surface area contributed by atoms with Crippen LogP contribution in [0.1, 0.15) is 0 Å². The summed E-state index contributed by atoms with van der Waals surface area (Å²) in [7, 11) is 1.25. The Bertz CT molecular complexity index is 346. The monoisotopic (exact) mass is 184 g/mol. The van der Waals surface area contributed by atoms with E-state index < -0.39 is 5.97 Å². The van der Waals surface area contributed by atoms with Gasteiger partial charge in [0.25, 0.3) is 5.56 Å². The quantitative estimate of drug-likeness (QED) is 0.629. The Morgan fingerprint density at radius 2 is 2.46 bits per heavy atom. The van der Waals surface area contributed by atoms with Crippen LogP contribution in [0.25, 0.3) is 0 Å². The van der Waals surface area contributed by atoms with Crippen molar-refractivity contribution < 1.29 is 14.3 Å². The molecule has 1 aromatic rings. The van der Waals surface area contributed by atoms with Gasteiger partial charge in [-0.25, -0.2) is 9.89 Å². The second kappa shape index (κ2) is 4.24. The van der Waals surface area contributed by atoms with Crippen molar-refractivity contribution >= 4 is 5.97 Å². The average molecular weight is 184 g/mol. The molecule has 1 rings (SSSR count). The molecule has 0 bridgehead atoms. The second-order valence-electron chi connectivity index (χ2n) is 2.15. The van der Waals surface area contributed by atoms with Gasteiger partial charge in [-0.05, 0) is 0 Å². The molecule has 0 radical (unpaired) electrons. The number of methoxy groups -OCH3 is 1. The van der Waals surface area contributed by atoms with Crippen LogP contribution in [-0.4, -0.2) is 29.9 Å². The summed E-state index contributed by atoms with van der Waals surface area (Å²) in [5.74, 6) is -0.283. The average Bonchev–Trinajstić information content (AvgIpc) is 2.14. The van der Waals surface area contributed by atoms with Gasteiger partial charge in [0.05, 0.1) is 13.3 Å². The number of rotatable bonds is 3. The van der Waals surface area contributed by atoms with Crippen molar-refractivity contribution in [2.75, 3.05) is 13.7 Å². The predicted octanol–water partition coefficient (Wildman–Crippen LogP) is -0.678. The molecule has 0 saturated heterocycles. The Kier molecular flexibility index (Phi) is 3.02. The largest absolute Gasteiger partial charge is 0.480 e. The maximum atomic E-state index is 10.7.